The Morgan fingerprint density at radius 2 is 2.09 bits per heavy atom. The van der Waals surface area contributed by atoms with E-state index in [0.29, 0.717) is 0 Å². The molecule has 0 aliphatic heterocycles. The summed E-state index contributed by atoms with van der Waals surface area (Å²) in [5.74, 6) is -0.278. The SMILES string of the molecule is CC(=O)O[C@H]1CC[C@H](N)[C@@H]1N. The smallest absolute Gasteiger partial charge is 0.302 e. The third-order valence-corrected chi connectivity index (χ3v) is 2.03. The predicted octanol–water partition coefficient (Wildman–Crippen LogP) is -0.633. The zero-order chi connectivity index (χ0) is 8.43. The summed E-state index contributed by atoms with van der Waals surface area (Å²) < 4.78 is 4.95. The van der Waals surface area contributed by atoms with Crippen molar-refractivity contribution in [1.29, 1.82) is 0 Å². The van der Waals surface area contributed by atoms with E-state index in [0.717, 1.165) is 12.8 Å². The highest BCUT2D eigenvalue weighted by Crippen LogP contribution is 2.19. The molecule has 1 rings (SSSR count). The van der Waals surface area contributed by atoms with Crippen LogP contribution in [0.25, 0.3) is 0 Å². The van der Waals surface area contributed by atoms with Crippen LogP contribution in [0, 0.1) is 0 Å². The van der Waals surface area contributed by atoms with E-state index >= 15 is 0 Å². The van der Waals surface area contributed by atoms with E-state index in [1.54, 1.807) is 0 Å². The van der Waals surface area contributed by atoms with E-state index in [1.165, 1.54) is 6.92 Å². The lowest BCUT2D eigenvalue weighted by molar-refractivity contribution is -0.146. The van der Waals surface area contributed by atoms with Crippen LogP contribution in [0.1, 0.15) is 19.8 Å². The molecular weight excluding hydrogens is 144 g/mol. The van der Waals surface area contributed by atoms with E-state index in [-0.39, 0.29) is 24.2 Å². The Morgan fingerprint density at radius 3 is 2.45 bits per heavy atom. The van der Waals surface area contributed by atoms with Crippen LogP contribution >= 0.6 is 0 Å². The lowest BCUT2D eigenvalue weighted by Crippen LogP contribution is -2.44. The van der Waals surface area contributed by atoms with Gasteiger partial charge in [0.05, 0.1) is 6.04 Å². The molecular formula is C7H14N2O2. The number of hydrogen-bond donors (Lipinski definition) is 2. The van der Waals surface area contributed by atoms with Gasteiger partial charge in [-0.15, -0.1) is 0 Å². The minimum absolute atomic E-state index is 0.0145. The molecule has 0 heterocycles. The molecule has 4 N–H and O–H groups in total. The maximum absolute atomic E-state index is 10.5. The average molecular weight is 158 g/mol. The highest BCUT2D eigenvalue weighted by atomic mass is 16.5. The van der Waals surface area contributed by atoms with E-state index in [1.807, 2.05) is 0 Å². The van der Waals surface area contributed by atoms with Crippen molar-refractivity contribution < 1.29 is 9.53 Å². The molecule has 0 aromatic heterocycles. The molecule has 11 heavy (non-hydrogen) atoms. The van der Waals surface area contributed by atoms with Gasteiger partial charge in [0.1, 0.15) is 6.10 Å². The fourth-order valence-electron chi connectivity index (χ4n) is 1.37. The van der Waals surface area contributed by atoms with Gasteiger partial charge in [-0.2, -0.15) is 0 Å². The third-order valence-electron chi connectivity index (χ3n) is 2.03. The Kier molecular flexibility index (Phi) is 2.46. The van der Waals surface area contributed by atoms with Crippen LogP contribution in [-0.4, -0.2) is 24.2 Å². The molecule has 4 nitrogen and oxygen atoms in total. The summed E-state index contributed by atoms with van der Waals surface area (Å²) in [6.45, 7) is 1.39. The molecule has 0 saturated heterocycles. The highest BCUT2D eigenvalue weighted by molar-refractivity contribution is 5.66. The molecule has 0 spiro atoms. The predicted molar refractivity (Wildman–Crippen MR) is 40.7 cm³/mol. The van der Waals surface area contributed by atoms with Gasteiger partial charge in [-0.05, 0) is 12.8 Å². The Labute approximate surface area is 65.9 Å². The fourth-order valence-corrected chi connectivity index (χ4v) is 1.37. The van der Waals surface area contributed by atoms with E-state index in [4.69, 9.17) is 16.2 Å². The molecule has 0 bridgehead atoms. The normalized spacial score (nSPS) is 37.2. The van der Waals surface area contributed by atoms with E-state index < -0.39 is 0 Å². The van der Waals surface area contributed by atoms with Crippen LogP contribution in [0.15, 0.2) is 0 Å². The molecule has 0 aromatic carbocycles. The van der Waals surface area contributed by atoms with Crippen molar-refractivity contribution in [2.75, 3.05) is 0 Å². The van der Waals surface area contributed by atoms with Gasteiger partial charge in [0.15, 0.2) is 0 Å². The van der Waals surface area contributed by atoms with Crippen molar-refractivity contribution in [3.8, 4) is 0 Å². The molecule has 1 aliphatic rings. The molecule has 0 radical (unpaired) electrons. The Bertz CT molecular complexity index is 161. The first-order valence-corrected chi connectivity index (χ1v) is 3.79. The molecule has 0 aromatic rings. The summed E-state index contributed by atoms with van der Waals surface area (Å²) in [4.78, 5) is 10.5. The molecule has 1 fully saturated rings. The fraction of sp³-hybridized carbons (Fsp3) is 0.857. The summed E-state index contributed by atoms with van der Waals surface area (Å²) in [6.07, 6.45) is 1.48. The summed E-state index contributed by atoms with van der Waals surface area (Å²) in [5, 5.41) is 0. The maximum atomic E-state index is 10.5. The van der Waals surface area contributed by atoms with Crippen LogP contribution in [-0.2, 0) is 9.53 Å². The Balaban J connectivity index is 2.42. The number of ether oxygens (including phenoxy) is 1. The van der Waals surface area contributed by atoms with Crippen LogP contribution in [0.3, 0.4) is 0 Å². The van der Waals surface area contributed by atoms with Gasteiger partial charge in [0, 0.05) is 13.0 Å². The molecule has 0 unspecified atom stereocenters. The zero-order valence-electron chi connectivity index (χ0n) is 6.62. The maximum Gasteiger partial charge on any atom is 0.302 e. The molecule has 0 amide bonds. The lowest BCUT2D eigenvalue weighted by atomic mass is 10.2. The van der Waals surface area contributed by atoms with Crippen LogP contribution in [0.4, 0.5) is 0 Å². The molecule has 1 aliphatic carbocycles. The number of hydrogen-bond acceptors (Lipinski definition) is 4. The van der Waals surface area contributed by atoms with Crippen molar-refractivity contribution in [3.05, 3.63) is 0 Å². The average Bonchev–Trinajstić information content (AvgIpc) is 2.18. The molecule has 3 atom stereocenters. The minimum Gasteiger partial charge on any atom is -0.461 e. The van der Waals surface area contributed by atoms with E-state index in [9.17, 15) is 4.79 Å². The molecule has 4 heteroatoms. The van der Waals surface area contributed by atoms with Gasteiger partial charge >= 0.3 is 5.97 Å². The van der Waals surface area contributed by atoms with Crippen molar-refractivity contribution in [2.24, 2.45) is 11.5 Å². The summed E-state index contributed by atoms with van der Waals surface area (Å²) in [6, 6.07) is -0.196. The van der Waals surface area contributed by atoms with Gasteiger partial charge in [-0.25, -0.2) is 0 Å². The van der Waals surface area contributed by atoms with Crippen LogP contribution in [0.5, 0.6) is 0 Å². The third kappa shape index (κ3) is 1.91. The minimum atomic E-state index is -0.278. The zero-order valence-corrected chi connectivity index (χ0v) is 6.62. The number of carbonyl (C=O) groups is 1. The number of esters is 1. The summed E-state index contributed by atoms with van der Waals surface area (Å²) in [5.41, 5.74) is 11.3. The first-order valence-electron chi connectivity index (χ1n) is 3.79. The Morgan fingerprint density at radius 1 is 1.45 bits per heavy atom. The van der Waals surface area contributed by atoms with Gasteiger partial charge < -0.3 is 16.2 Å². The van der Waals surface area contributed by atoms with Gasteiger partial charge in [-0.3, -0.25) is 4.79 Å². The van der Waals surface area contributed by atoms with Crippen molar-refractivity contribution in [1.82, 2.24) is 0 Å². The monoisotopic (exact) mass is 158 g/mol. The van der Waals surface area contributed by atoms with Gasteiger partial charge in [-0.1, -0.05) is 0 Å². The second-order valence-corrected chi connectivity index (χ2v) is 2.97. The van der Waals surface area contributed by atoms with E-state index in [2.05, 4.69) is 0 Å². The highest BCUT2D eigenvalue weighted by Gasteiger charge is 2.32. The quantitative estimate of drug-likeness (QED) is 0.498. The number of carbonyl (C=O) groups excluding carboxylic acids is 1. The molecule has 1 saturated carbocycles. The standard InChI is InChI=1S/C7H14N2O2/c1-4(10)11-6-3-2-5(8)7(6)9/h5-7H,2-3,8-9H2,1H3/t5-,6-,7-/m0/s1. The number of nitrogens with two attached hydrogens (primary N) is 2. The second kappa shape index (κ2) is 3.19. The summed E-state index contributed by atoms with van der Waals surface area (Å²) >= 11 is 0. The Hall–Kier alpha value is -0.610. The second-order valence-electron chi connectivity index (χ2n) is 2.97. The topological polar surface area (TPSA) is 78.3 Å². The lowest BCUT2D eigenvalue weighted by Gasteiger charge is -2.17. The number of rotatable bonds is 1. The molecule has 64 valence electrons. The van der Waals surface area contributed by atoms with Crippen molar-refractivity contribution in [3.63, 3.8) is 0 Å². The van der Waals surface area contributed by atoms with Crippen molar-refractivity contribution >= 4 is 5.97 Å². The largest absolute Gasteiger partial charge is 0.461 e. The first kappa shape index (κ1) is 8.49. The first-order chi connectivity index (χ1) is 5.11. The van der Waals surface area contributed by atoms with Gasteiger partial charge in [0.25, 0.3) is 0 Å². The van der Waals surface area contributed by atoms with Crippen LogP contribution in [0.2, 0.25) is 0 Å². The van der Waals surface area contributed by atoms with Gasteiger partial charge in [0.2, 0.25) is 0 Å². The van der Waals surface area contributed by atoms with Crippen molar-refractivity contribution in [2.45, 2.75) is 38.0 Å². The summed E-state index contributed by atoms with van der Waals surface area (Å²) in [7, 11) is 0. The van der Waals surface area contributed by atoms with Crippen LogP contribution < -0.4 is 11.5 Å².